The lowest BCUT2D eigenvalue weighted by atomic mass is 10.4. The van der Waals surface area contributed by atoms with Gasteiger partial charge in [-0.1, -0.05) is 0 Å². The van der Waals surface area contributed by atoms with E-state index in [1.807, 2.05) is 0 Å². The molecule has 0 bridgehead atoms. The molecule has 9 heteroatoms. The molecule has 0 fully saturated rings. The summed E-state index contributed by atoms with van der Waals surface area (Å²) < 4.78 is 88.0. The molecular formula is C3HF6O2S-. The molecule has 0 N–H and O–H groups in total. The fraction of sp³-hybridized carbons (Fsp3) is 1.00. The topological polar surface area (TPSA) is 40.1 Å². The van der Waals surface area contributed by atoms with Gasteiger partial charge in [0.2, 0.25) is 0 Å². The molecule has 0 amide bonds. The summed E-state index contributed by atoms with van der Waals surface area (Å²) in [5.41, 5.74) is 0. The maximum atomic E-state index is 11.7. The zero-order valence-corrected chi connectivity index (χ0v) is 5.89. The van der Waals surface area contributed by atoms with Crippen LogP contribution < -0.4 is 0 Å². The minimum absolute atomic E-state index is 4.58. The largest absolute Gasteiger partial charge is 0.768 e. The Morgan fingerprint density at radius 3 is 1.58 bits per heavy atom. The highest BCUT2D eigenvalue weighted by Crippen LogP contribution is 2.40. The third kappa shape index (κ3) is 1.71. The van der Waals surface area contributed by atoms with Crippen LogP contribution in [0.3, 0.4) is 0 Å². The summed E-state index contributed by atoms with van der Waals surface area (Å²) >= 11 is -4.58. The summed E-state index contributed by atoms with van der Waals surface area (Å²) in [5.74, 6) is -5.86. The minimum atomic E-state index is -5.86. The predicted molar refractivity (Wildman–Crippen MR) is 24.8 cm³/mol. The maximum Gasteiger partial charge on any atom is 0.380 e. The summed E-state index contributed by atoms with van der Waals surface area (Å²) in [7, 11) is 0. The van der Waals surface area contributed by atoms with Gasteiger partial charge in [0.05, 0.1) is 0 Å². The Morgan fingerprint density at radius 2 is 1.50 bits per heavy atom. The van der Waals surface area contributed by atoms with Crippen molar-refractivity contribution in [2.24, 2.45) is 0 Å². The Balaban J connectivity index is 4.88. The number of hydrogen-bond acceptors (Lipinski definition) is 2. The highest BCUT2D eigenvalue weighted by Gasteiger charge is 2.64. The standard InChI is InChI=1S/C3H2F6O2S/c4-1(5)2(6,7)3(8,9)12(10)11/h1H,(H,10,11)/p-1. The SMILES string of the molecule is O=S([O-])C(F)(F)C(F)(F)C(F)F. The lowest BCUT2D eigenvalue weighted by molar-refractivity contribution is -0.225. The van der Waals surface area contributed by atoms with Gasteiger partial charge in [-0.2, -0.15) is 17.6 Å². The molecule has 0 aliphatic rings. The Hall–Kier alpha value is -0.310. The van der Waals surface area contributed by atoms with Gasteiger partial charge in [-0.3, -0.25) is 4.21 Å². The molecule has 0 aromatic rings. The van der Waals surface area contributed by atoms with Gasteiger partial charge in [0.25, 0.3) is 0 Å². The third-order valence-corrected chi connectivity index (χ3v) is 1.56. The number of hydrogen-bond donors (Lipinski definition) is 0. The van der Waals surface area contributed by atoms with Crippen molar-refractivity contribution in [3.63, 3.8) is 0 Å². The predicted octanol–water partition coefficient (Wildman–Crippen LogP) is 1.36. The van der Waals surface area contributed by atoms with Gasteiger partial charge in [-0.25, -0.2) is 8.78 Å². The van der Waals surface area contributed by atoms with Crippen LogP contribution in [0.5, 0.6) is 0 Å². The third-order valence-electron chi connectivity index (χ3n) is 0.871. The Bertz CT molecular complexity index is 191. The van der Waals surface area contributed by atoms with Gasteiger partial charge in [0.1, 0.15) is 0 Å². The van der Waals surface area contributed by atoms with E-state index in [0.717, 1.165) is 0 Å². The molecule has 0 aromatic carbocycles. The summed E-state index contributed by atoms with van der Waals surface area (Å²) in [5, 5.41) is -5.75. The quantitative estimate of drug-likeness (QED) is 0.526. The molecule has 0 spiro atoms. The van der Waals surface area contributed by atoms with Crippen LogP contribution >= 0.6 is 0 Å². The first-order valence-electron chi connectivity index (χ1n) is 2.27. The first-order chi connectivity index (χ1) is 5.14. The van der Waals surface area contributed by atoms with Crippen LogP contribution in [0.1, 0.15) is 0 Å². The fourth-order valence-corrected chi connectivity index (χ4v) is 0.549. The number of alkyl halides is 6. The van der Waals surface area contributed by atoms with Gasteiger partial charge in [-0.15, -0.1) is 0 Å². The van der Waals surface area contributed by atoms with Crippen LogP contribution in [0.15, 0.2) is 0 Å². The van der Waals surface area contributed by atoms with Gasteiger partial charge in [0, 0.05) is 11.1 Å². The van der Waals surface area contributed by atoms with Gasteiger partial charge >= 0.3 is 17.6 Å². The van der Waals surface area contributed by atoms with Crippen molar-refractivity contribution in [3.8, 4) is 0 Å². The van der Waals surface area contributed by atoms with Crippen LogP contribution in [0.4, 0.5) is 26.3 Å². The van der Waals surface area contributed by atoms with Crippen LogP contribution in [0.25, 0.3) is 0 Å². The highest BCUT2D eigenvalue weighted by molar-refractivity contribution is 7.80. The van der Waals surface area contributed by atoms with Crippen molar-refractivity contribution in [2.75, 3.05) is 0 Å². The smallest absolute Gasteiger partial charge is 0.380 e. The second kappa shape index (κ2) is 3.21. The molecule has 0 saturated carbocycles. The normalized spacial score (nSPS) is 16.7. The lowest BCUT2D eigenvalue weighted by Gasteiger charge is -2.26. The van der Waals surface area contributed by atoms with Crippen molar-refractivity contribution in [2.45, 2.75) is 17.6 Å². The van der Waals surface area contributed by atoms with Crippen LogP contribution in [0, 0.1) is 0 Å². The Kier molecular flexibility index (Phi) is 3.12. The maximum absolute atomic E-state index is 11.7. The van der Waals surface area contributed by atoms with Crippen molar-refractivity contribution in [1.82, 2.24) is 0 Å². The first-order valence-corrected chi connectivity index (χ1v) is 3.34. The van der Waals surface area contributed by atoms with Crippen LogP contribution in [-0.4, -0.2) is 26.4 Å². The molecule has 74 valence electrons. The Labute approximate surface area is 64.8 Å². The monoisotopic (exact) mass is 215 g/mol. The van der Waals surface area contributed by atoms with E-state index in [0.29, 0.717) is 0 Å². The van der Waals surface area contributed by atoms with E-state index >= 15 is 0 Å². The van der Waals surface area contributed by atoms with E-state index in [4.69, 9.17) is 0 Å². The van der Waals surface area contributed by atoms with Crippen molar-refractivity contribution >= 4 is 11.1 Å². The van der Waals surface area contributed by atoms with E-state index < -0.39 is 28.7 Å². The van der Waals surface area contributed by atoms with E-state index in [-0.39, 0.29) is 0 Å². The van der Waals surface area contributed by atoms with Crippen LogP contribution in [0.2, 0.25) is 0 Å². The van der Waals surface area contributed by atoms with Crippen molar-refractivity contribution < 1.29 is 35.1 Å². The second-order valence-corrected chi connectivity index (χ2v) is 2.66. The van der Waals surface area contributed by atoms with E-state index in [1.54, 1.807) is 0 Å². The van der Waals surface area contributed by atoms with E-state index in [9.17, 15) is 35.1 Å². The number of halogens is 6. The van der Waals surface area contributed by atoms with E-state index in [1.165, 1.54) is 0 Å². The first kappa shape index (κ1) is 11.7. The average Bonchev–Trinajstić information content (AvgIpc) is 1.86. The average molecular weight is 215 g/mol. The summed E-state index contributed by atoms with van der Waals surface area (Å²) in [6, 6.07) is 0. The molecular weight excluding hydrogens is 214 g/mol. The summed E-state index contributed by atoms with van der Waals surface area (Å²) in [6.45, 7) is 0. The van der Waals surface area contributed by atoms with E-state index in [2.05, 4.69) is 0 Å². The Morgan fingerprint density at radius 1 is 1.17 bits per heavy atom. The second-order valence-electron chi connectivity index (χ2n) is 1.68. The molecule has 0 aliphatic carbocycles. The molecule has 0 radical (unpaired) electrons. The van der Waals surface area contributed by atoms with Crippen LogP contribution in [-0.2, 0) is 11.1 Å². The molecule has 0 rings (SSSR count). The molecule has 0 saturated heterocycles. The molecule has 12 heavy (non-hydrogen) atoms. The molecule has 0 heterocycles. The van der Waals surface area contributed by atoms with Gasteiger partial charge in [-0.05, 0) is 0 Å². The fourth-order valence-electron chi connectivity index (χ4n) is 0.238. The molecule has 1 unspecified atom stereocenters. The minimum Gasteiger partial charge on any atom is -0.768 e. The van der Waals surface area contributed by atoms with Gasteiger partial charge < -0.3 is 4.55 Å². The summed E-state index contributed by atoms with van der Waals surface area (Å²) in [4.78, 5) is 0. The highest BCUT2D eigenvalue weighted by atomic mass is 32.2. The van der Waals surface area contributed by atoms with Crippen molar-refractivity contribution in [1.29, 1.82) is 0 Å². The lowest BCUT2D eigenvalue weighted by Crippen LogP contribution is -2.49. The zero-order chi connectivity index (χ0) is 10.2. The molecule has 1 atom stereocenters. The zero-order valence-electron chi connectivity index (χ0n) is 5.07. The molecule has 0 aliphatic heterocycles. The van der Waals surface area contributed by atoms with Crippen molar-refractivity contribution in [3.05, 3.63) is 0 Å². The molecule has 2 nitrogen and oxygen atoms in total. The molecule has 0 aromatic heterocycles. The van der Waals surface area contributed by atoms with Gasteiger partial charge in [0.15, 0.2) is 0 Å². The summed E-state index contributed by atoms with van der Waals surface area (Å²) in [6.07, 6.45) is -4.73. The number of rotatable bonds is 3.